The molecule has 0 aliphatic heterocycles. The maximum absolute atomic E-state index is 13.2. The SMILES string of the molecule is NC(c1ccccc1)c1ncc(-c2cccc(F)c2)[nH]1. The Hall–Kier alpha value is -2.46. The summed E-state index contributed by atoms with van der Waals surface area (Å²) in [5, 5.41) is 0. The predicted molar refractivity (Wildman–Crippen MR) is 76.5 cm³/mol. The molecule has 0 aliphatic carbocycles. The molecule has 0 aliphatic rings. The standard InChI is InChI=1S/C16H14FN3/c17-13-8-4-7-12(9-13)14-10-19-16(20-14)15(18)11-5-2-1-3-6-11/h1-10,15H,18H2,(H,19,20). The molecule has 0 spiro atoms. The molecule has 1 unspecified atom stereocenters. The first-order chi connectivity index (χ1) is 9.74. The smallest absolute Gasteiger partial charge is 0.128 e. The lowest BCUT2D eigenvalue weighted by Crippen LogP contribution is -2.13. The molecule has 1 aromatic heterocycles. The zero-order valence-electron chi connectivity index (χ0n) is 10.8. The number of aromatic amines is 1. The molecule has 2 aromatic carbocycles. The molecule has 1 heterocycles. The number of nitrogens with two attached hydrogens (primary N) is 1. The summed E-state index contributed by atoms with van der Waals surface area (Å²) in [5.74, 6) is 0.390. The molecule has 0 bridgehead atoms. The van der Waals surface area contributed by atoms with Crippen molar-refractivity contribution in [3.05, 3.63) is 78.0 Å². The number of hydrogen-bond acceptors (Lipinski definition) is 2. The Morgan fingerprint density at radius 2 is 1.85 bits per heavy atom. The van der Waals surface area contributed by atoms with Gasteiger partial charge >= 0.3 is 0 Å². The number of rotatable bonds is 3. The van der Waals surface area contributed by atoms with Crippen molar-refractivity contribution in [2.45, 2.75) is 6.04 Å². The normalized spacial score (nSPS) is 12.3. The minimum Gasteiger partial charge on any atom is -0.340 e. The molecule has 0 fully saturated rings. The van der Waals surface area contributed by atoms with Crippen molar-refractivity contribution in [3.8, 4) is 11.3 Å². The Morgan fingerprint density at radius 3 is 2.60 bits per heavy atom. The summed E-state index contributed by atoms with van der Waals surface area (Å²) in [6.07, 6.45) is 1.67. The molecule has 0 saturated carbocycles. The molecule has 0 radical (unpaired) electrons. The second-order valence-corrected chi connectivity index (χ2v) is 4.58. The van der Waals surface area contributed by atoms with Crippen molar-refractivity contribution < 1.29 is 4.39 Å². The average molecular weight is 267 g/mol. The number of nitrogens with zero attached hydrogens (tertiary/aromatic N) is 1. The van der Waals surface area contributed by atoms with E-state index in [1.165, 1.54) is 12.1 Å². The molecular weight excluding hydrogens is 253 g/mol. The van der Waals surface area contributed by atoms with Crippen LogP contribution in [0.5, 0.6) is 0 Å². The van der Waals surface area contributed by atoms with E-state index in [1.54, 1.807) is 12.3 Å². The highest BCUT2D eigenvalue weighted by Gasteiger charge is 2.13. The highest BCUT2D eigenvalue weighted by atomic mass is 19.1. The van der Waals surface area contributed by atoms with E-state index in [4.69, 9.17) is 5.73 Å². The van der Waals surface area contributed by atoms with Gasteiger partial charge in [-0.1, -0.05) is 42.5 Å². The highest BCUT2D eigenvalue weighted by Crippen LogP contribution is 2.22. The quantitative estimate of drug-likeness (QED) is 0.765. The van der Waals surface area contributed by atoms with Crippen LogP contribution >= 0.6 is 0 Å². The van der Waals surface area contributed by atoms with Gasteiger partial charge in [0.15, 0.2) is 0 Å². The van der Waals surface area contributed by atoms with Crippen LogP contribution in [0.1, 0.15) is 17.4 Å². The van der Waals surface area contributed by atoms with Gasteiger partial charge in [0.25, 0.3) is 0 Å². The molecule has 4 heteroatoms. The Morgan fingerprint density at radius 1 is 1.05 bits per heavy atom. The fourth-order valence-electron chi connectivity index (χ4n) is 2.12. The van der Waals surface area contributed by atoms with Gasteiger partial charge < -0.3 is 10.7 Å². The number of imidazole rings is 1. The lowest BCUT2D eigenvalue weighted by Gasteiger charge is -2.08. The monoisotopic (exact) mass is 267 g/mol. The molecule has 0 saturated heterocycles. The van der Waals surface area contributed by atoms with Crippen LogP contribution in [0.25, 0.3) is 11.3 Å². The number of benzene rings is 2. The molecule has 100 valence electrons. The second kappa shape index (κ2) is 5.27. The Bertz CT molecular complexity index is 707. The zero-order valence-corrected chi connectivity index (χ0v) is 10.8. The Balaban J connectivity index is 1.91. The number of H-pyrrole nitrogens is 1. The van der Waals surface area contributed by atoms with Crippen molar-refractivity contribution >= 4 is 0 Å². The highest BCUT2D eigenvalue weighted by molar-refractivity contribution is 5.58. The van der Waals surface area contributed by atoms with Gasteiger partial charge in [0.2, 0.25) is 0 Å². The van der Waals surface area contributed by atoms with Crippen molar-refractivity contribution in [3.63, 3.8) is 0 Å². The number of nitrogens with one attached hydrogen (secondary N) is 1. The summed E-state index contributed by atoms with van der Waals surface area (Å²) in [6.45, 7) is 0. The molecule has 20 heavy (non-hydrogen) atoms. The first kappa shape index (κ1) is 12.6. The van der Waals surface area contributed by atoms with Gasteiger partial charge in [0.1, 0.15) is 11.6 Å². The maximum Gasteiger partial charge on any atom is 0.128 e. The third-order valence-electron chi connectivity index (χ3n) is 3.18. The van der Waals surface area contributed by atoms with Crippen molar-refractivity contribution in [1.29, 1.82) is 0 Å². The predicted octanol–water partition coefficient (Wildman–Crippen LogP) is 3.26. The summed E-state index contributed by atoms with van der Waals surface area (Å²) in [4.78, 5) is 7.45. The van der Waals surface area contributed by atoms with Gasteiger partial charge in [-0.25, -0.2) is 9.37 Å². The van der Waals surface area contributed by atoms with Crippen LogP contribution in [0.3, 0.4) is 0 Å². The van der Waals surface area contributed by atoms with E-state index in [-0.39, 0.29) is 11.9 Å². The van der Waals surface area contributed by atoms with Crippen LogP contribution < -0.4 is 5.73 Å². The van der Waals surface area contributed by atoms with Crippen LogP contribution in [0.4, 0.5) is 4.39 Å². The molecule has 0 amide bonds. The lowest BCUT2D eigenvalue weighted by atomic mass is 10.1. The third-order valence-corrected chi connectivity index (χ3v) is 3.18. The zero-order chi connectivity index (χ0) is 13.9. The third kappa shape index (κ3) is 2.46. The summed E-state index contributed by atoms with van der Waals surface area (Å²) in [6, 6.07) is 15.8. The fraction of sp³-hybridized carbons (Fsp3) is 0.0625. The van der Waals surface area contributed by atoms with Gasteiger partial charge in [0, 0.05) is 5.56 Å². The summed E-state index contributed by atoms with van der Waals surface area (Å²) >= 11 is 0. The largest absolute Gasteiger partial charge is 0.340 e. The van der Waals surface area contributed by atoms with Gasteiger partial charge in [-0.3, -0.25) is 0 Å². The first-order valence-electron chi connectivity index (χ1n) is 6.35. The molecular formula is C16H14FN3. The summed E-state index contributed by atoms with van der Waals surface area (Å²) in [5.41, 5.74) is 8.66. The van der Waals surface area contributed by atoms with Crippen molar-refractivity contribution in [2.75, 3.05) is 0 Å². The van der Waals surface area contributed by atoms with Gasteiger partial charge in [0.05, 0.1) is 17.9 Å². The van der Waals surface area contributed by atoms with Crippen molar-refractivity contribution in [2.24, 2.45) is 5.73 Å². The first-order valence-corrected chi connectivity index (χ1v) is 6.35. The van der Waals surface area contributed by atoms with Crippen LogP contribution in [-0.4, -0.2) is 9.97 Å². The molecule has 3 N–H and O–H groups in total. The van der Waals surface area contributed by atoms with Gasteiger partial charge in [-0.15, -0.1) is 0 Å². The Kier molecular flexibility index (Phi) is 3.31. The van der Waals surface area contributed by atoms with E-state index < -0.39 is 0 Å². The minimum absolute atomic E-state index is 0.272. The van der Waals surface area contributed by atoms with Crippen LogP contribution in [0, 0.1) is 5.82 Å². The summed E-state index contributed by atoms with van der Waals surface area (Å²) in [7, 11) is 0. The van der Waals surface area contributed by atoms with E-state index in [1.807, 2.05) is 36.4 Å². The maximum atomic E-state index is 13.2. The van der Waals surface area contributed by atoms with E-state index in [0.29, 0.717) is 5.82 Å². The molecule has 1 atom stereocenters. The number of hydrogen-bond donors (Lipinski definition) is 2. The van der Waals surface area contributed by atoms with Crippen molar-refractivity contribution in [1.82, 2.24) is 9.97 Å². The van der Waals surface area contributed by atoms with Crippen LogP contribution in [0.2, 0.25) is 0 Å². The van der Waals surface area contributed by atoms with Crippen LogP contribution in [-0.2, 0) is 0 Å². The lowest BCUT2D eigenvalue weighted by molar-refractivity contribution is 0.628. The average Bonchev–Trinajstić information content (AvgIpc) is 2.97. The van der Waals surface area contributed by atoms with Gasteiger partial charge in [-0.2, -0.15) is 0 Å². The van der Waals surface area contributed by atoms with Gasteiger partial charge in [-0.05, 0) is 17.7 Å². The summed E-state index contributed by atoms with van der Waals surface area (Å²) < 4.78 is 13.2. The molecule has 3 aromatic rings. The molecule has 3 nitrogen and oxygen atoms in total. The van der Waals surface area contributed by atoms with Crippen LogP contribution in [0.15, 0.2) is 60.8 Å². The molecule has 3 rings (SSSR count). The fourth-order valence-corrected chi connectivity index (χ4v) is 2.12. The number of halogens is 1. The second-order valence-electron chi connectivity index (χ2n) is 4.58. The van der Waals surface area contributed by atoms with E-state index in [0.717, 1.165) is 16.8 Å². The Labute approximate surface area is 116 Å². The van der Waals surface area contributed by atoms with E-state index in [2.05, 4.69) is 9.97 Å². The van der Waals surface area contributed by atoms with E-state index in [9.17, 15) is 4.39 Å². The topological polar surface area (TPSA) is 54.7 Å². The number of aromatic nitrogens is 2. The minimum atomic E-state index is -0.321. The van der Waals surface area contributed by atoms with E-state index >= 15 is 0 Å².